The number of ether oxygens (including phenoxy) is 2. The van der Waals surface area contributed by atoms with Crippen LogP contribution in [0.1, 0.15) is 26.8 Å². The van der Waals surface area contributed by atoms with Crippen LogP contribution in [0.3, 0.4) is 0 Å². The van der Waals surface area contributed by atoms with Gasteiger partial charge in [-0.05, 0) is 41.3 Å². The van der Waals surface area contributed by atoms with Gasteiger partial charge in [0.25, 0.3) is 5.91 Å². The van der Waals surface area contributed by atoms with E-state index in [1.165, 1.54) is 17.6 Å². The van der Waals surface area contributed by atoms with Crippen molar-refractivity contribution >= 4 is 23.2 Å². The number of hydrogen-bond acceptors (Lipinski definition) is 6. The van der Waals surface area contributed by atoms with Gasteiger partial charge in [-0.3, -0.25) is 9.69 Å². The quantitative estimate of drug-likeness (QED) is 0.512. The average molecular weight is 451 g/mol. The lowest BCUT2D eigenvalue weighted by Crippen LogP contribution is -2.50. The molecule has 0 aliphatic carbocycles. The Balaban J connectivity index is 1.32. The Hall–Kier alpha value is -3.16. The molecule has 2 aromatic carbocycles. The largest absolute Gasteiger partial charge is 0.484 e. The van der Waals surface area contributed by atoms with E-state index in [0.29, 0.717) is 24.4 Å². The number of rotatable bonds is 7. The number of benzene rings is 2. The normalized spacial score (nSPS) is 15.2. The van der Waals surface area contributed by atoms with Gasteiger partial charge >= 0.3 is 5.97 Å². The van der Waals surface area contributed by atoms with E-state index in [1.807, 2.05) is 11.0 Å². The smallest absolute Gasteiger partial charge is 0.337 e. The molecule has 7 heteroatoms. The van der Waals surface area contributed by atoms with Crippen LogP contribution in [0.25, 0.3) is 0 Å². The Morgan fingerprint density at radius 1 is 0.938 bits per heavy atom. The SMILES string of the molecule is COC(=O)c1ccc(OCC(=O)N2CCN(C(c3ccccc3)c3cccs3)CC2)cc1. The molecule has 2 heterocycles. The van der Waals surface area contributed by atoms with Crippen molar-refractivity contribution in [2.24, 2.45) is 0 Å². The fourth-order valence-electron chi connectivity index (χ4n) is 3.91. The summed E-state index contributed by atoms with van der Waals surface area (Å²) < 4.78 is 10.3. The summed E-state index contributed by atoms with van der Waals surface area (Å²) in [5.41, 5.74) is 1.72. The summed E-state index contributed by atoms with van der Waals surface area (Å²) in [4.78, 5) is 29.8. The van der Waals surface area contributed by atoms with Crippen LogP contribution < -0.4 is 4.74 Å². The van der Waals surface area contributed by atoms with Gasteiger partial charge in [0.05, 0.1) is 18.7 Å². The summed E-state index contributed by atoms with van der Waals surface area (Å²) in [6, 6.07) is 21.6. The molecule has 1 atom stereocenters. The van der Waals surface area contributed by atoms with E-state index in [4.69, 9.17) is 4.74 Å². The molecule has 1 aliphatic heterocycles. The zero-order valence-electron chi connectivity index (χ0n) is 18.0. The first-order valence-electron chi connectivity index (χ1n) is 10.6. The molecule has 1 unspecified atom stereocenters. The molecule has 1 amide bonds. The van der Waals surface area contributed by atoms with Gasteiger partial charge in [0.15, 0.2) is 6.61 Å². The minimum absolute atomic E-state index is 0.0232. The summed E-state index contributed by atoms with van der Waals surface area (Å²) in [7, 11) is 1.34. The van der Waals surface area contributed by atoms with Crippen LogP contribution in [0, 0.1) is 0 Å². The lowest BCUT2D eigenvalue weighted by molar-refractivity contribution is -0.135. The van der Waals surface area contributed by atoms with Gasteiger partial charge in [0, 0.05) is 31.1 Å². The predicted molar refractivity (Wildman–Crippen MR) is 124 cm³/mol. The lowest BCUT2D eigenvalue weighted by Gasteiger charge is -2.39. The fraction of sp³-hybridized carbons (Fsp3) is 0.280. The van der Waals surface area contributed by atoms with Crippen LogP contribution in [0.5, 0.6) is 5.75 Å². The maximum absolute atomic E-state index is 12.7. The second-order valence-electron chi connectivity index (χ2n) is 7.55. The van der Waals surface area contributed by atoms with Crippen LogP contribution in [-0.2, 0) is 9.53 Å². The maximum atomic E-state index is 12.7. The number of thiophene rings is 1. The first kappa shape index (κ1) is 22.0. The van der Waals surface area contributed by atoms with Gasteiger partial charge in [-0.15, -0.1) is 11.3 Å². The molecule has 1 fully saturated rings. The summed E-state index contributed by atoms with van der Waals surface area (Å²) >= 11 is 1.77. The van der Waals surface area contributed by atoms with E-state index >= 15 is 0 Å². The summed E-state index contributed by atoms with van der Waals surface area (Å²) in [6.07, 6.45) is 0. The van der Waals surface area contributed by atoms with Crippen LogP contribution in [0.4, 0.5) is 0 Å². The highest BCUT2D eigenvalue weighted by Crippen LogP contribution is 2.32. The van der Waals surface area contributed by atoms with Gasteiger partial charge in [-0.1, -0.05) is 36.4 Å². The van der Waals surface area contributed by atoms with Crippen molar-refractivity contribution in [3.63, 3.8) is 0 Å². The standard InChI is InChI=1S/C25H26N2O4S/c1-30-25(29)20-9-11-21(12-10-20)31-18-23(28)26-13-15-27(16-14-26)24(22-8-5-17-32-22)19-6-3-2-4-7-19/h2-12,17,24H,13-16,18H2,1H3. The molecule has 0 spiro atoms. The molecular weight excluding hydrogens is 424 g/mol. The van der Waals surface area contributed by atoms with Crippen molar-refractivity contribution in [1.82, 2.24) is 9.80 Å². The molecule has 0 radical (unpaired) electrons. The highest BCUT2D eigenvalue weighted by atomic mass is 32.1. The Bertz CT molecular complexity index is 1010. The molecule has 0 saturated carbocycles. The number of esters is 1. The number of hydrogen-bond donors (Lipinski definition) is 0. The molecule has 1 aromatic heterocycles. The molecule has 0 N–H and O–H groups in total. The Morgan fingerprint density at radius 3 is 2.28 bits per heavy atom. The molecule has 0 bridgehead atoms. The molecule has 32 heavy (non-hydrogen) atoms. The maximum Gasteiger partial charge on any atom is 0.337 e. The Labute approximate surface area is 192 Å². The first-order chi connectivity index (χ1) is 15.7. The minimum Gasteiger partial charge on any atom is -0.484 e. The van der Waals surface area contributed by atoms with Gasteiger partial charge in [0.2, 0.25) is 0 Å². The molecule has 166 valence electrons. The summed E-state index contributed by atoms with van der Waals surface area (Å²) in [5.74, 6) is 0.113. The molecule has 1 saturated heterocycles. The highest BCUT2D eigenvalue weighted by Gasteiger charge is 2.28. The van der Waals surface area contributed by atoms with Crippen molar-refractivity contribution in [1.29, 1.82) is 0 Å². The van der Waals surface area contributed by atoms with Crippen molar-refractivity contribution in [2.45, 2.75) is 6.04 Å². The van der Waals surface area contributed by atoms with E-state index in [2.05, 4.69) is 51.4 Å². The first-order valence-corrected chi connectivity index (χ1v) is 11.4. The van der Waals surface area contributed by atoms with E-state index < -0.39 is 5.97 Å². The highest BCUT2D eigenvalue weighted by molar-refractivity contribution is 7.10. The second kappa shape index (κ2) is 10.4. The van der Waals surface area contributed by atoms with Gasteiger partial charge in [0.1, 0.15) is 5.75 Å². The summed E-state index contributed by atoms with van der Waals surface area (Å²) in [6.45, 7) is 2.91. The minimum atomic E-state index is -0.401. The van der Waals surface area contributed by atoms with E-state index in [0.717, 1.165) is 13.1 Å². The number of carbonyl (C=O) groups excluding carboxylic acids is 2. The monoisotopic (exact) mass is 450 g/mol. The van der Waals surface area contributed by atoms with E-state index in [-0.39, 0.29) is 18.6 Å². The topological polar surface area (TPSA) is 59.1 Å². The Kier molecular flexibility index (Phi) is 7.19. The van der Waals surface area contributed by atoms with Crippen molar-refractivity contribution in [2.75, 3.05) is 39.9 Å². The zero-order chi connectivity index (χ0) is 22.3. The average Bonchev–Trinajstić information content (AvgIpc) is 3.38. The molecule has 4 rings (SSSR count). The third kappa shape index (κ3) is 5.18. The van der Waals surface area contributed by atoms with Gasteiger partial charge in [-0.25, -0.2) is 4.79 Å². The molecular formula is C25H26N2O4S. The van der Waals surface area contributed by atoms with Gasteiger partial charge in [-0.2, -0.15) is 0 Å². The molecule has 1 aliphatic rings. The van der Waals surface area contributed by atoms with Crippen molar-refractivity contribution < 1.29 is 19.1 Å². The number of amides is 1. The van der Waals surface area contributed by atoms with Crippen LogP contribution >= 0.6 is 11.3 Å². The van der Waals surface area contributed by atoms with Crippen molar-refractivity contribution in [3.8, 4) is 5.75 Å². The summed E-state index contributed by atoms with van der Waals surface area (Å²) in [5, 5.41) is 2.11. The van der Waals surface area contributed by atoms with Crippen LogP contribution in [0.2, 0.25) is 0 Å². The zero-order valence-corrected chi connectivity index (χ0v) is 18.8. The van der Waals surface area contributed by atoms with Crippen LogP contribution in [-0.4, -0.2) is 61.6 Å². The number of carbonyl (C=O) groups is 2. The second-order valence-corrected chi connectivity index (χ2v) is 8.53. The number of methoxy groups -OCH3 is 1. The van der Waals surface area contributed by atoms with E-state index in [1.54, 1.807) is 35.6 Å². The predicted octanol–water partition coefficient (Wildman–Crippen LogP) is 3.85. The van der Waals surface area contributed by atoms with E-state index in [9.17, 15) is 9.59 Å². The number of nitrogens with zero attached hydrogens (tertiary/aromatic N) is 2. The fourth-order valence-corrected chi connectivity index (χ4v) is 4.79. The van der Waals surface area contributed by atoms with Crippen molar-refractivity contribution in [3.05, 3.63) is 88.1 Å². The third-order valence-electron chi connectivity index (χ3n) is 5.60. The lowest BCUT2D eigenvalue weighted by atomic mass is 10.0. The molecule has 6 nitrogen and oxygen atoms in total. The third-order valence-corrected chi connectivity index (χ3v) is 6.52. The van der Waals surface area contributed by atoms with Gasteiger partial charge < -0.3 is 14.4 Å². The number of piperazine rings is 1. The van der Waals surface area contributed by atoms with Crippen LogP contribution in [0.15, 0.2) is 72.1 Å². The molecule has 3 aromatic rings. The Morgan fingerprint density at radius 2 is 1.66 bits per heavy atom.